The lowest BCUT2D eigenvalue weighted by Crippen LogP contribution is -2.40. The predicted molar refractivity (Wildman–Crippen MR) is 74.1 cm³/mol. The summed E-state index contributed by atoms with van der Waals surface area (Å²) in [4.78, 5) is 11.8. The number of carbonyl (C=O) groups is 1. The lowest BCUT2D eigenvalue weighted by atomic mass is 10.1. The van der Waals surface area contributed by atoms with Crippen molar-refractivity contribution in [2.75, 3.05) is 13.1 Å². The molecule has 1 aromatic rings. The van der Waals surface area contributed by atoms with Crippen molar-refractivity contribution >= 4 is 12.0 Å². The Kier molecular flexibility index (Phi) is 4.97. The number of amides is 1. The molecule has 1 aliphatic heterocycles. The maximum absolute atomic E-state index is 11.8. The van der Waals surface area contributed by atoms with Gasteiger partial charge < -0.3 is 10.6 Å². The first-order chi connectivity index (χ1) is 8.84. The molecule has 0 bridgehead atoms. The second-order valence-electron chi connectivity index (χ2n) is 4.65. The summed E-state index contributed by atoms with van der Waals surface area (Å²) in [7, 11) is 0. The van der Waals surface area contributed by atoms with Gasteiger partial charge in [-0.05, 0) is 31.0 Å². The van der Waals surface area contributed by atoms with Gasteiger partial charge in [-0.2, -0.15) is 0 Å². The van der Waals surface area contributed by atoms with Crippen molar-refractivity contribution in [3.8, 4) is 0 Å². The second kappa shape index (κ2) is 6.97. The van der Waals surface area contributed by atoms with Crippen LogP contribution in [0.1, 0.15) is 24.8 Å². The van der Waals surface area contributed by atoms with Gasteiger partial charge in [0, 0.05) is 18.7 Å². The van der Waals surface area contributed by atoms with Gasteiger partial charge in [0.15, 0.2) is 0 Å². The molecule has 96 valence electrons. The molecule has 0 saturated carbocycles. The Morgan fingerprint density at radius 3 is 2.94 bits per heavy atom. The Hall–Kier alpha value is -1.61. The van der Waals surface area contributed by atoms with Crippen LogP contribution < -0.4 is 10.6 Å². The molecule has 18 heavy (non-hydrogen) atoms. The maximum atomic E-state index is 11.8. The van der Waals surface area contributed by atoms with Gasteiger partial charge in [0.25, 0.3) is 0 Å². The van der Waals surface area contributed by atoms with Crippen LogP contribution in [0.25, 0.3) is 6.08 Å². The van der Waals surface area contributed by atoms with Crippen molar-refractivity contribution in [2.45, 2.75) is 25.3 Å². The average Bonchev–Trinajstić information content (AvgIpc) is 2.66. The molecule has 1 aliphatic rings. The van der Waals surface area contributed by atoms with E-state index in [1.54, 1.807) is 6.08 Å². The Bertz CT molecular complexity index is 392. The highest BCUT2D eigenvalue weighted by molar-refractivity contribution is 5.91. The molecule has 0 aromatic heterocycles. The van der Waals surface area contributed by atoms with E-state index in [1.165, 1.54) is 12.8 Å². The molecule has 3 nitrogen and oxygen atoms in total. The summed E-state index contributed by atoms with van der Waals surface area (Å²) in [5, 5.41) is 6.38. The van der Waals surface area contributed by atoms with Gasteiger partial charge >= 0.3 is 0 Å². The number of benzene rings is 1. The summed E-state index contributed by atoms with van der Waals surface area (Å²) in [5.74, 6) is -0.00690. The molecule has 0 radical (unpaired) electrons. The first kappa shape index (κ1) is 12.8. The molecule has 1 amide bonds. The van der Waals surface area contributed by atoms with Crippen molar-refractivity contribution in [1.82, 2.24) is 10.6 Å². The molecule has 1 saturated heterocycles. The number of rotatable bonds is 3. The average molecular weight is 244 g/mol. The van der Waals surface area contributed by atoms with Gasteiger partial charge in [-0.3, -0.25) is 4.79 Å². The molecular formula is C15H20N2O. The van der Waals surface area contributed by atoms with E-state index in [0.717, 1.165) is 25.1 Å². The van der Waals surface area contributed by atoms with Crippen LogP contribution in [0.3, 0.4) is 0 Å². The first-order valence-electron chi connectivity index (χ1n) is 6.59. The van der Waals surface area contributed by atoms with Crippen LogP contribution in [-0.4, -0.2) is 25.0 Å². The second-order valence-corrected chi connectivity index (χ2v) is 4.65. The van der Waals surface area contributed by atoms with E-state index in [9.17, 15) is 4.79 Å². The molecule has 1 aromatic carbocycles. The topological polar surface area (TPSA) is 41.1 Å². The molecule has 2 N–H and O–H groups in total. The van der Waals surface area contributed by atoms with Crippen molar-refractivity contribution in [3.63, 3.8) is 0 Å². The van der Waals surface area contributed by atoms with Crippen LogP contribution in [0.15, 0.2) is 36.4 Å². The van der Waals surface area contributed by atoms with E-state index in [2.05, 4.69) is 10.6 Å². The SMILES string of the molecule is O=C(C=Cc1ccccc1)NC1CCCCNC1. The van der Waals surface area contributed by atoms with Crippen molar-refractivity contribution in [1.29, 1.82) is 0 Å². The minimum absolute atomic E-state index is 0.00690. The molecule has 0 spiro atoms. The molecule has 1 heterocycles. The van der Waals surface area contributed by atoms with Gasteiger partial charge in [0.1, 0.15) is 0 Å². The van der Waals surface area contributed by atoms with Crippen LogP contribution in [0.5, 0.6) is 0 Å². The Morgan fingerprint density at radius 2 is 2.11 bits per heavy atom. The minimum atomic E-state index is -0.00690. The van der Waals surface area contributed by atoms with E-state index in [4.69, 9.17) is 0 Å². The van der Waals surface area contributed by atoms with Gasteiger partial charge in [-0.25, -0.2) is 0 Å². The van der Waals surface area contributed by atoms with E-state index < -0.39 is 0 Å². The molecule has 1 atom stereocenters. The van der Waals surface area contributed by atoms with Gasteiger partial charge in [0.2, 0.25) is 5.91 Å². The molecule has 0 aliphatic carbocycles. The standard InChI is InChI=1S/C15H20N2O/c18-15(10-9-13-6-2-1-3-7-13)17-14-8-4-5-11-16-12-14/h1-3,6-7,9-10,14,16H,4-5,8,11-12H2,(H,17,18). The number of hydrogen-bond donors (Lipinski definition) is 2. The monoisotopic (exact) mass is 244 g/mol. The van der Waals surface area contributed by atoms with E-state index >= 15 is 0 Å². The van der Waals surface area contributed by atoms with Crippen molar-refractivity contribution in [2.24, 2.45) is 0 Å². The Balaban J connectivity index is 1.82. The Labute approximate surface area is 108 Å². The summed E-state index contributed by atoms with van der Waals surface area (Å²) < 4.78 is 0. The lowest BCUT2D eigenvalue weighted by molar-refractivity contribution is -0.117. The van der Waals surface area contributed by atoms with Crippen molar-refractivity contribution < 1.29 is 4.79 Å². The Morgan fingerprint density at radius 1 is 1.28 bits per heavy atom. The van der Waals surface area contributed by atoms with E-state index in [1.807, 2.05) is 36.4 Å². The first-order valence-corrected chi connectivity index (χ1v) is 6.59. The normalized spacial score (nSPS) is 20.6. The van der Waals surface area contributed by atoms with Crippen LogP contribution in [0.4, 0.5) is 0 Å². The number of carbonyl (C=O) groups excluding carboxylic acids is 1. The zero-order valence-corrected chi connectivity index (χ0v) is 10.6. The third kappa shape index (κ3) is 4.34. The zero-order chi connectivity index (χ0) is 12.6. The van der Waals surface area contributed by atoms with Gasteiger partial charge in [-0.1, -0.05) is 36.8 Å². The van der Waals surface area contributed by atoms with Crippen LogP contribution in [0, 0.1) is 0 Å². The molecule has 3 heteroatoms. The summed E-state index contributed by atoms with van der Waals surface area (Å²) in [5.41, 5.74) is 1.05. The fourth-order valence-electron chi connectivity index (χ4n) is 2.13. The van der Waals surface area contributed by atoms with E-state index in [0.29, 0.717) is 0 Å². The highest BCUT2D eigenvalue weighted by Crippen LogP contribution is 2.04. The highest BCUT2D eigenvalue weighted by Gasteiger charge is 2.12. The largest absolute Gasteiger partial charge is 0.349 e. The highest BCUT2D eigenvalue weighted by atomic mass is 16.1. The zero-order valence-electron chi connectivity index (χ0n) is 10.6. The third-order valence-electron chi connectivity index (χ3n) is 3.12. The van der Waals surface area contributed by atoms with Crippen LogP contribution >= 0.6 is 0 Å². The smallest absolute Gasteiger partial charge is 0.244 e. The number of hydrogen-bond acceptors (Lipinski definition) is 2. The summed E-state index contributed by atoms with van der Waals surface area (Å²) in [6.07, 6.45) is 6.91. The summed E-state index contributed by atoms with van der Waals surface area (Å²) in [6.45, 7) is 1.94. The fourth-order valence-corrected chi connectivity index (χ4v) is 2.13. The molecular weight excluding hydrogens is 224 g/mol. The third-order valence-corrected chi connectivity index (χ3v) is 3.12. The molecule has 1 unspecified atom stereocenters. The fraction of sp³-hybridized carbons (Fsp3) is 0.400. The predicted octanol–water partition coefficient (Wildman–Crippen LogP) is 1.96. The quantitative estimate of drug-likeness (QED) is 0.798. The van der Waals surface area contributed by atoms with Gasteiger partial charge in [0.05, 0.1) is 0 Å². The molecule has 1 fully saturated rings. The van der Waals surface area contributed by atoms with Crippen LogP contribution in [0.2, 0.25) is 0 Å². The van der Waals surface area contributed by atoms with Crippen molar-refractivity contribution in [3.05, 3.63) is 42.0 Å². The van der Waals surface area contributed by atoms with Crippen LogP contribution in [-0.2, 0) is 4.79 Å². The molecule has 2 rings (SSSR count). The summed E-state index contributed by atoms with van der Waals surface area (Å²) >= 11 is 0. The maximum Gasteiger partial charge on any atom is 0.244 e. The van der Waals surface area contributed by atoms with E-state index in [-0.39, 0.29) is 11.9 Å². The van der Waals surface area contributed by atoms with Gasteiger partial charge in [-0.15, -0.1) is 0 Å². The number of nitrogens with one attached hydrogen (secondary N) is 2. The minimum Gasteiger partial charge on any atom is -0.349 e. The lowest BCUT2D eigenvalue weighted by Gasteiger charge is -2.14. The summed E-state index contributed by atoms with van der Waals surface area (Å²) in [6, 6.07) is 10.1.